The van der Waals surface area contributed by atoms with Crippen molar-refractivity contribution in [2.45, 2.75) is 6.61 Å². The lowest BCUT2D eigenvalue weighted by molar-refractivity contribution is 0.102. The second-order valence-electron chi connectivity index (χ2n) is 8.19. The zero-order chi connectivity index (χ0) is 23.2. The van der Waals surface area contributed by atoms with Gasteiger partial charge in [0.1, 0.15) is 18.2 Å². The first-order valence-corrected chi connectivity index (χ1v) is 11.0. The summed E-state index contributed by atoms with van der Waals surface area (Å²) in [7, 11) is 2.07. The van der Waals surface area contributed by atoms with Crippen molar-refractivity contribution < 1.29 is 9.53 Å². The smallest absolute Gasteiger partial charge is 0.255 e. The Labute approximate surface area is 194 Å². The fraction of sp³-hybridized carbons (Fsp3) is 0.231. The molecule has 0 radical (unpaired) electrons. The molecular formula is C26H29N5O2. The SMILES string of the molecule is CN1CCN(C(=N)c2cc(C(=O)Nc3ccc(OCc4ccccc4)cc3)ccc2N)CC1. The standard InChI is InChI=1S/C26H29N5O2/c1-30-13-15-31(16-14-30)25(28)23-17-20(7-12-24(23)27)26(32)29-21-8-10-22(11-9-21)33-18-19-5-3-2-4-6-19/h2-12,17,28H,13-16,18,27H2,1H3,(H,29,32). The number of likely N-dealkylation sites (N-methyl/N-ethyl adjacent to an activating group) is 1. The molecule has 3 aromatic carbocycles. The highest BCUT2D eigenvalue weighted by molar-refractivity contribution is 6.08. The summed E-state index contributed by atoms with van der Waals surface area (Å²) in [6, 6.07) is 22.3. The van der Waals surface area contributed by atoms with Crippen molar-refractivity contribution >= 4 is 23.1 Å². The number of anilines is 2. The second kappa shape index (κ2) is 10.2. The maximum Gasteiger partial charge on any atom is 0.255 e. The Kier molecular flexibility index (Phi) is 6.90. The first kappa shape index (κ1) is 22.4. The van der Waals surface area contributed by atoms with Crippen LogP contribution in [-0.4, -0.2) is 54.8 Å². The Morgan fingerprint density at radius 3 is 2.39 bits per heavy atom. The summed E-state index contributed by atoms with van der Waals surface area (Å²) < 4.78 is 5.80. The third-order valence-corrected chi connectivity index (χ3v) is 5.75. The summed E-state index contributed by atoms with van der Waals surface area (Å²) in [6.07, 6.45) is 0. The number of piperazine rings is 1. The molecule has 7 heteroatoms. The highest BCUT2D eigenvalue weighted by Crippen LogP contribution is 2.21. The van der Waals surface area contributed by atoms with E-state index < -0.39 is 0 Å². The van der Waals surface area contributed by atoms with Gasteiger partial charge in [0, 0.05) is 48.7 Å². The average molecular weight is 444 g/mol. The molecule has 0 spiro atoms. The summed E-state index contributed by atoms with van der Waals surface area (Å²) >= 11 is 0. The van der Waals surface area contributed by atoms with Gasteiger partial charge in [0.25, 0.3) is 5.91 Å². The molecule has 0 unspecified atom stereocenters. The van der Waals surface area contributed by atoms with Crippen LogP contribution in [0.5, 0.6) is 5.75 Å². The number of nitrogens with one attached hydrogen (secondary N) is 2. The number of nitrogen functional groups attached to an aromatic ring is 1. The predicted octanol–water partition coefficient (Wildman–Crippen LogP) is 3.67. The topological polar surface area (TPSA) is 94.7 Å². The lowest BCUT2D eigenvalue weighted by Crippen LogP contribution is -2.47. The van der Waals surface area contributed by atoms with Crippen molar-refractivity contribution in [1.29, 1.82) is 5.41 Å². The number of nitrogens with two attached hydrogens (primary N) is 1. The van der Waals surface area contributed by atoms with Crippen LogP contribution in [0.1, 0.15) is 21.5 Å². The van der Waals surface area contributed by atoms with E-state index in [0.29, 0.717) is 34.9 Å². The molecule has 0 bridgehead atoms. The van der Waals surface area contributed by atoms with Gasteiger partial charge in [0.15, 0.2) is 0 Å². The molecular weight excluding hydrogens is 414 g/mol. The number of rotatable bonds is 6. The maximum atomic E-state index is 12.8. The largest absolute Gasteiger partial charge is 0.489 e. The zero-order valence-corrected chi connectivity index (χ0v) is 18.8. The van der Waals surface area contributed by atoms with E-state index >= 15 is 0 Å². The van der Waals surface area contributed by atoms with Crippen molar-refractivity contribution in [3.05, 3.63) is 89.5 Å². The number of hydrogen-bond donors (Lipinski definition) is 3. The summed E-state index contributed by atoms with van der Waals surface area (Å²) in [5, 5.41) is 11.5. The molecule has 1 aliphatic heterocycles. The van der Waals surface area contributed by atoms with E-state index in [2.05, 4.69) is 17.3 Å². The molecule has 1 amide bonds. The Bertz CT molecular complexity index is 1110. The number of ether oxygens (including phenoxy) is 1. The van der Waals surface area contributed by atoms with Gasteiger partial charge < -0.3 is 25.6 Å². The number of carbonyl (C=O) groups excluding carboxylic acids is 1. The van der Waals surface area contributed by atoms with Gasteiger partial charge in [-0.15, -0.1) is 0 Å². The van der Waals surface area contributed by atoms with Crippen LogP contribution in [0.3, 0.4) is 0 Å². The number of benzene rings is 3. The number of nitrogens with zero attached hydrogens (tertiary/aromatic N) is 2. The van der Waals surface area contributed by atoms with Crippen molar-refractivity contribution in [2.75, 3.05) is 44.3 Å². The summed E-state index contributed by atoms with van der Waals surface area (Å²) in [6.45, 7) is 3.81. The van der Waals surface area contributed by atoms with Crippen molar-refractivity contribution in [1.82, 2.24) is 9.80 Å². The molecule has 4 N–H and O–H groups in total. The van der Waals surface area contributed by atoms with E-state index in [9.17, 15) is 4.79 Å². The lowest BCUT2D eigenvalue weighted by Gasteiger charge is -2.34. The molecule has 170 valence electrons. The Balaban J connectivity index is 1.39. The predicted molar refractivity (Wildman–Crippen MR) is 132 cm³/mol. The van der Waals surface area contributed by atoms with E-state index in [-0.39, 0.29) is 5.91 Å². The third kappa shape index (κ3) is 5.70. The molecule has 1 fully saturated rings. The monoisotopic (exact) mass is 443 g/mol. The van der Waals surface area contributed by atoms with Gasteiger partial charge >= 0.3 is 0 Å². The molecule has 0 aromatic heterocycles. The van der Waals surface area contributed by atoms with Crippen molar-refractivity contribution in [3.8, 4) is 5.75 Å². The minimum atomic E-state index is -0.250. The Hall–Kier alpha value is -3.84. The van der Waals surface area contributed by atoms with E-state index in [0.717, 1.165) is 37.5 Å². The van der Waals surface area contributed by atoms with Crippen LogP contribution in [0, 0.1) is 5.41 Å². The highest BCUT2D eigenvalue weighted by Gasteiger charge is 2.20. The fourth-order valence-corrected chi connectivity index (χ4v) is 3.68. The Morgan fingerprint density at radius 1 is 1.00 bits per heavy atom. The van der Waals surface area contributed by atoms with Gasteiger partial charge in [-0.2, -0.15) is 0 Å². The van der Waals surface area contributed by atoms with Gasteiger partial charge in [-0.3, -0.25) is 10.2 Å². The summed E-state index contributed by atoms with van der Waals surface area (Å²) in [4.78, 5) is 17.1. The normalized spacial score (nSPS) is 14.0. The molecule has 3 aromatic rings. The van der Waals surface area contributed by atoms with Gasteiger partial charge in [-0.05, 0) is 55.1 Å². The highest BCUT2D eigenvalue weighted by atomic mass is 16.5. The molecule has 0 aliphatic carbocycles. The third-order valence-electron chi connectivity index (χ3n) is 5.75. The van der Waals surface area contributed by atoms with E-state index in [4.69, 9.17) is 15.9 Å². The summed E-state index contributed by atoms with van der Waals surface area (Å²) in [5.41, 5.74) is 9.44. The van der Waals surface area contributed by atoms with E-state index in [1.54, 1.807) is 18.2 Å². The number of amidine groups is 1. The first-order chi connectivity index (χ1) is 16.0. The summed E-state index contributed by atoms with van der Waals surface area (Å²) in [5.74, 6) is 0.836. The van der Waals surface area contributed by atoms with Gasteiger partial charge in [-0.1, -0.05) is 30.3 Å². The number of amides is 1. The number of hydrogen-bond acceptors (Lipinski definition) is 5. The first-order valence-electron chi connectivity index (χ1n) is 11.0. The molecule has 33 heavy (non-hydrogen) atoms. The fourth-order valence-electron chi connectivity index (χ4n) is 3.68. The van der Waals surface area contributed by atoms with Crippen molar-refractivity contribution in [2.24, 2.45) is 0 Å². The minimum Gasteiger partial charge on any atom is -0.489 e. The zero-order valence-electron chi connectivity index (χ0n) is 18.8. The molecule has 4 rings (SSSR count). The van der Waals surface area contributed by atoms with Crippen LogP contribution in [0.15, 0.2) is 72.8 Å². The van der Waals surface area contributed by atoms with Gasteiger partial charge in [-0.25, -0.2) is 0 Å². The molecule has 1 saturated heterocycles. The van der Waals surface area contributed by atoms with Crippen LogP contribution < -0.4 is 15.8 Å². The van der Waals surface area contributed by atoms with E-state index in [1.165, 1.54) is 0 Å². The van der Waals surface area contributed by atoms with Gasteiger partial charge in [0.05, 0.1) is 0 Å². The van der Waals surface area contributed by atoms with Crippen LogP contribution in [0.25, 0.3) is 0 Å². The van der Waals surface area contributed by atoms with Crippen LogP contribution in [-0.2, 0) is 6.61 Å². The van der Waals surface area contributed by atoms with Gasteiger partial charge in [0.2, 0.25) is 0 Å². The molecule has 0 atom stereocenters. The molecule has 1 aliphatic rings. The quantitative estimate of drug-likeness (QED) is 0.307. The lowest BCUT2D eigenvalue weighted by atomic mass is 10.1. The van der Waals surface area contributed by atoms with E-state index in [1.807, 2.05) is 59.5 Å². The molecule has 7 nitrogen and oxygen atoms in total. The Morgan fingerprint density at radius 2 is 1.70 bits per heavy atom. The van der Waals surface area contributed by atoms with Crippen molar-refractivity contribution in [3.63, 3.8) is 0 Å². The van der Waals surface area contributed by atoms with Crippen LogP contribution >= 0.6 is 0 Å². The molecule has 0 saturated carbocycles. The molecule has 1 heterocycles. The minimum absolute atomic E-state index is 0.250. The second-order valence-corrected chi connectivity index (χ2v) is 8.19. The average Bonchev–Trinajstić information content (AvgIpc) is 2.84. The van der Waals surface area contributed by atoms with Crippen LogP contribution in [0.4, 0.5) is 11.4 Å². The van der Waals surface area contributed by atoms with Crippen LogP contribution in [0.2, 0.25) is 0 Å². The number of carbonyl (C=O) groups is 1. The maximum absolute atomic E-state index is 12.8.